The highest BCUT2D eigenvalue weighted by Gasteiger charge is 2.26. The van der Waals surface area contributed by atoms with Crippen LogP contribution >= 0.6 is 11.6 Å². The number of rotatable bonds is 4. The van der Waals surface area contributed by atoms with Crippen LogP contribution in [0.15, 0.2) is 66.9 Å². The van der Waals surface area contributed by atoms with Crippen LogP contribution in [-0.2, 0) is 6.54 Å². The lowest BCUT2D eigenvalue weighted by Crippen LogP contribution is -2.23. The first-order valence-corrected chi connectivity index (χ1v) is 9.11. The van der Waals surface area contributed by atoms with Crippen LogP contribution in [0.25, 0.3) is 22.3 Å². The van der Waals surface area contributed by atoms with E-state index < -0.39 is 0 Å². The van der Waals surface area contributed by atoms with Crippen molar-refractivity contribution in [3.8, 4) is 23.0 Å². The molecule has 0 N–H and O–H groups in total. The van der Waals surface area contributed by atoms with Crippen molar-refractivity contribution in [2.75, 3.05) is 6.61 Å². The number of pyridine rings is 1. The third-order valence-corrected chi connectivity index (χ3v) is 4.84. The van der Waals surface area contributed by atoms with Gasteiger partial charge in [0.05, 0.1) is 29.5 Å². The van der Waals surface area contributed by atoms with E-state index in [1.165, 1.54) is 0 Å². The minimum absolute atomic E-state index is 0.0620. The number of aromatic nitrogens is 3. The molecular formula is C21H16ClN3O2. The lowest BCUT2D eigenvalue weighted by atomic mass is 10.1. The molecule has 1 atom stereocenters. The van der Waals surface area contributed by atoms with E-state index in [9.17, 15) is 0 Å². The predicted molar refractivity (Wildman–Crippen MR) is 104 cm³/mol. The summed E-state index contributed by atoms with van der Waals surface area (Å²) in [4.78, 5) is 8.98. The molecule has 0 amide bonds. The molecule has 2 aromatic heterocycles. The van der Waals surface area contributed by atoms with Gasteiger partial charge < -0.3 is 9.47 Å². The van der Waals surface area contributed by atoms with Gasteiger partial charge in [0.2, 0.25) is 0 Å². The Labute approximate surface area is 161 Å². The number of para-hydroxylation sites is 2. The fraction of sp³-hybridized carbons (Fsp3) is 0.143. The largest absolute Gasteiger partial charge is 0.488 e. The molecule has 0 saturated heterocycles. The summed E-state index contributed by atoms with van der Waals surface area (Å²) in [7, 11) is 0. The quantitative estimate of drug-likeness (QED) is 0.522. The number of imidazole rings is 1. The molecule has 2 aromatic carbocycles. The highest BCUT2D eigenvalue weighted by molar-refractivity contribution is 6.30. The number of nitrogens with zero attached hydrogens (tertiary/aromatic N) is 3. The molecule has 0 unspecified atom stereocenters. The molecule has 0 saturated carbocycles. The molecule has 134 valence electrons. The first-order chi connectivity index (χ1) is 13.3. The summed E-state index contributed by atoms with van der Waals surface area (Å²) in [6.45, 7) is 1.17. The van der Waals surface area contributed by atoms with E-state index in [2.05, 4.69) is 20.6 Å². The van der Waals surface area contributed by atoms with E-state index >= 15 is 0 Å². The summed E-state index contributed by atoms with van der Waals surface area (Å²) >= 11 is 5.93. The van der Waals surface area contributed by atoms with E-state index in [4.69, 9.17) is 21.1 Å². The Hall–Kier alpha value is -3.05. The Kier molecular flexibility index (Phi) is 3.94. The average molecular weight is 378 g/mol. The highest BCUT2D eigenvalue weighted by atomic mass is 35.5. The molecule has 0 spiro atoms. The zero-order valence-corrected chi connectivity index (χ0v) is 15.1. The van der Waals surface area contributed by atoms with Crippen molar-refractivity contribution in [3.05, 3.63) is 71.9 Å². The average Bonchev–Trinajstić information content (AvgIpc) is 3.25. The van der Waals surface area contributed by atoms with Crippen LogP contribution in [0.2, 0.25) is 5.02 Å². The molecule has 0 bridgehead atoms. The summed E-state index contributed by atoms with van der Waals surface area (Å²) in [6, 6.07) is 20.1. The van der Waals surface area contributed by atoms with Gasteiger partial charge in [-0.25, -0.2) is 0 Å². The van der Waals surface area contributed by atoms with Crippen molar-refractivity contribution in [3.63, 3.8) is 0 Å². The van der Waals surface area contributed by atoms with Crippen LogP contribution in [0.3, 0.4) is 0 Å². The smallest absolute Gasteiger partial charge is 0.297 e. The molecule has 5 rings (SSSR count). The Bertz CT molecular complexity index is 1090. The van der Waals surface area contributed by atoms with Crippen molar-refractivity contribution in [1.82, 2.24) is 14.5 Å². The Balaban J connectivity index is 1.23. The van der Waals surface area contributed by atoms with Gasteiger partial charge in [-0.2, -0.15) is 4.98 Å². The van der Waals surface area contributed by atoms with E-state index in [0.717, 1.165) is 28.8 Å². The van der Waals surface area contributed by atoms with Gasteiger partial charge >= 0.3 is 0 Å². The third kappa shape index (κ3) is 3.11. The van der Waals surface area contributed by atoms with Crippen molar-refractivity contribution in [1.29, 1.82) is 0 Å². The number of halogens is 1. The molecule has 3 heterocycles. The fourth-order valence-electron chi connectivity index (χ4n) is 3.24. The highest BCUT2D eigenvalue weighted by Crippen LogP contribution is 2.28. The molecule has 4 aromatic rings. The number of fused-ring (bicyclic) bond motifs is 3. The van der Waals surface area contributed by atoms with Gasteiger partial charge in [-0.05, 0) is 36.4 Å². The summed E-state index contributed by atoms with van der Waals surface area (Å²) in [5.41, 5.74) is 3.93. The van der Waals surface area contributed by atoms with E-state index in [0.29, 0.717) is 23.4 Å². The Morgan fingerprint density at radius 3 is 2.74 bits per heavy atom. The molecule has 6 heteroatoms. The molecule has 0 radical (unpaired) electrons. The monoisotopic (exact) mass is 377 g/mol. The first-order valence-electron chi connectivity index (χ1n) is 8.73. The first kappa shape index (κ1) is 16.1. The molecular weight excluding hydrogens is 362 g/mol. The summed E-state index contributed by atoms with van der Waals surface area (Å²) in [6.07, 6.45) is 1.67. The summed E-state index contributed by atoms with van der Waals surface area (Å²) < 4.78 is 13.9. The molecule has 0 fully saturated rings. The second-order valence-corrected chi connectivity index (χ2v) is 6.87. The second-order valence-electron chi connectivity index (χ2n) is 6.43. The van der Waals surface area contributed by atoms with E-state index in [1.807, 2.05) is 54.6 Å². The Morgan fingerprint density at radius 2 is 1.93 bits per heavy atom. The fourth-order valence-corrected chi connectivity index (χ4v) is 3.37. The second kappa shape index (κ2) is 6.59. The van der Waals surface area contributed by atoms with Crippen molar-refractivity contribution < 1.29 is 9.47 Å². The molecule has 1 aliphatic rings. The van der Waals surface area contributed by atoms with Gasteiger partial charge in [0.25, 0.3) is 6.01 Å². The van der Waals surface area contributed by atoms with Gasteiger partial charge in [-0.3, -0.25) is 9.55 Å². The summed E-state index contributed by atoms with van der Waals surface area (Å²) in [5, 5.41) is 0.711. The minimum Gasteiger partial charge on any atom is -0.488 e. The van der Waals surface area contributed by atoms with Gasteiger partial charge in [-0.1, -0.05) is 35.9 Å². The number of benzene rings is 2. The normalized spacial score (nSPS) is 15.5. The zero-order valence-electron chi connectivity index (χ0n) is 14.4. The van der Waals surface area contributed by atoms with Crippen molar-refractivity contribution in [2.45, 2.75) is 12.6 Å². The van der Waals surface area contributed by atoms with Crippen LogP contribution < -0.4 is 9.47 Å². The molecule has 5 nitrogen and oxygen atoms in total. The topological polar surface area (TPSA) is 49.2 Å². The van der Waals surface area contributed by atoms with E-state index in [1.54, 1.807) is 6.20 Å². The van der Waals surface area contributed by atoms with Gasteiger partial charge in [0.1, 0.15) is 12.4 Å². The third-order valence-electron chi connectivity index (χ3n) is 4.59. The van der Waals surface area contributed by atoms with Crippen LogP contribution in [0.1, 0.15) is 0 Å². The number of ether oxygens (including phenoxy) is 2. The van der Waals surface area contributed by atoms with Crippen LogP contribution in [-0.4, -0.2) is 27.2 Å². The zero-order chi connectivity index (χ0) is 18.2. The maximum Gasteiger partial charge on any atom is 0.297 e. The standard InChI is InChI=1S/C21H16ClN3O2/c22-15-7-5-14(6-8-15)18-10-9-16(11-23-18)26-13-17-12-25-20-4-2-1-3-19(20)24-21(25)27-17/h1-11,17H,12-13H2/t17-/m0/s1. The van der Waals surface area contributed by atoms with Crippen molar-refractivity contribution >= 4 is 22.6 Å². The predicted octanol–water partition coefficient (Wildman–Crippen LogP) is 4.59. The van der Waals surface area contributed by atoms with Crippen LogP contribution in [0, 0.1) is 0 Å². The van der Waals surface area contributed by atoms with Gasteiger partial charge in [-0.15, -0.1) is 0 Å². The molecule has 0 aliphatic carbocycles. The van der Waals surface area contributed by atoms with Gasteiger partial charge in [0, 0.05) is 10.6 Å². The maximum absolute atomic E-state index is 5.93. The number of hydrogen-bond acceptors (Lipinski definition) is 4. The van der Waals surface area contributed by atoms with E-state index in [-0.39, 0.29) is 6.10 Å². The van der Waals surface area contributed by atoms with Gasteiger partial charge in [0.15, 0.2) is 6.10 Å². The van der Waals surface area contributed by atoms with Crippen molar-refractivity contribution in [2.24, 2.45) is 0 Å². The van der Waals surface area contributed by atoms with Crippen LogP contribution in [0.5, 0.6) is 11.8 Å². The number of hydrogen-bond donors (Lipinski definition) is 0. The maximum atomic E-state index is 5.93. The molecule has 27 heavy (non-hydrogen) atoms. The Morgan fingerprint density at radius 1 is 1.07 bits per heavy atom. The SMILES string of the molecule is Clc1ccc(-c2ccc(OC[C@@H]3Cn4c(nc5ccccc54)O3)cn2)cc1. The lowest BCUT2D eigenvalue weighted by molar-refractivity contribution is 0.143. The minimum atomic E-state index is -0.0620. The lowest BCUT2D eigenvalue weighted by Gasteiger charge is -2.11. The molecule has 1 aliphatic heterocycles. The van der Waals surface area contributed by atoms with Crippen LogP contribution in [0.4, 0.5) is 0 Å². The summed E-state index contributed by atoms with van der Waals surface area (Å²) in [5.74, 6) is 0.714.